The van der Waals surface area contributed by atoms with Crippen molar-refractivity contribution < 1.29 is 4.79 Å². The Balaban J connectivity index is 1.58. The summed E-state index contributed by atoms with van der Waals surface area (Å²) in [5, 5.41) is 4.04. The summed E-state index contributed by atoms with van der Waals surface area (Å²) in [6.07, 6.45) is 6.33. The summed E-state index contributed by atoms with van der Waals surface area (Å²) in [5.74, 6) is 0.0427. The molecule has 1 amide bonds. The van der Waals surface area contributed by atoms with Crippen LogP contribution in [0.4, 0.5) is 5.69 Å². The van der Waals surface area contributed by atoms with Crippen molar-refractivity contribution in [2.45, 2.75) is 32.2 Å². The second-order valence-corrected chi connectivity index (χ2v) is 6.55. The van der Waals surface area contributed by atoms with Gasteiger partial charge in [-0.1, -0.05) is 36.6 Å². The molecule has 24 heavy (non-hydrogen) atoms. The molecule has 0 atom stereocenters. The second-order valence-electron chi connectivity index (χ2n) is 6.12. The highest BCUT2D eigenvalue weighted by molar-refractivity contribution is 6.30. The van der Waals surface area contributed by atoms with E-state index in [0.29, 0.717) is 12.2 Å². The molecule has 0 radical (unpaired) electrons. The molecule has 126 valence electrons. The number of hydrogen-bond donors (Lipinski definition) is 1. The molecule has 4 nitrogen and oxygen atoms in total. The number of nitrogens with zero attached hydrogens (tertiary/aromatic N) is 2. The first-order valence-electron chi connectivity index (χ1n) is 8.46. The van der Waals surface area contributed by atoms with Crippen LogP contribution >= 0.6 is 11.6 Å². The Bertz CT molecular complexity index is 662. The lowest BCUT2D eigenvalue weighted by Gasteiger charge is -2.19. The standard InChI is InChI=1S/C19H22ClN3O/c20-16-7-5-15(6-8-16)13-21-17-9-10-18(22-14-17)19(24)23-11-3-1-2-4-12-23/h5-10,14,21H,1-4,11-13H2. The van der Waals surface area contributed by atoms with Gasteiger partial charge in [-0.25, -0.2) is 4.98 Å². The summed E-state index contributed by atoms with van der Waals surface area (Å²) in [7, 11) is 0. The number of aromatic nitrogens is 1. The quantitative estimate of drug-likeness (QED) is 0.896. The molecule has 2 aromatic rings. The van der Waals surface area contributed by atoms with E-state index < -0.39 is 0 Å². The zero-order valence-electron chi connectivity index (χ0n) is 13.7. The third-order valence-electron chi connectivity index (χ3n) is 4.29. The summed E-state index contributed by atoms with van der Waals surface area (Å²) in [6.45, 7) is 2.38. The lowest BCUT2D eigenvalue weighted by atomic mass is 10.2. The zero-order chi connectivity index (χ0) is 16.8. The number of rotatable bonds is 4. The number of anilines is 1. The largest absolute Gasteiger partial charge is 0.380 e. The van der Waals surface area contributed by atoms with E-state index in [1.807, 2.05) is 35.2 Å². The molecule has 0 unspecified atom stereocenters. The van der Waals surface area contributed by atoms with Gasteiger partial charge in [-0.15, -0.1) is 0 Å². The van der Waals surface area contributed by atoms with E-state index in [-0.39, 0.29) is 5.91 Å². The number of halogens is 1. The van der Waals surface area contributed by atoms with Crippen LogP contribution in [0.2, 0.25) is 5.02 Å². The van der Waals surface area contributed by atoms with Crippen LogP contribution in [-0.2, 0) is 6.54 Å². The van der Waals surface area contributed by atoms with Crippen LogP contribution in [0.3, 0.4) is 0 Å². The van der Waals surface area contributed by atoms with Crippen molar-refractivity contribution in [1.82, 2.24) is 9.88 Å². The molecule has 3 rings (SSSR count). The van der Waals surface area contributed by atoms with Gasteiger partial charge in [-0.2, -0.15) is 0 Å². The minimum absolute atomic E-state index is 0.0427. The molecule has 2 heterocycles. The average Bonchev–Trinajstić information content (AvgIpc) is 2.90. The predicted octanol–water partition coefficient (Wildman–Crippen LogP) is 4.36. The average molecular weight is 344 g/mol. The molecule has 0 saturated carbocycles. The van der Waals surface area contributed by atoms with E-state index in [1.165, 1.54) is 12.8 Å². The number of nitrogens with one attached hydrogen (secondary N) is 1. The zero-order valence-corrected chi connectivity index (χ0v) is 14.4. The number of pyridine rings is 1. The number of hydrogen-bond acceptors (Lipinski definition) is 3. The third kappa shape index (κ3) is 4.48. The molecular weight excluding hydrogens is 322 g/mol. The summed E-state index contributed by atoms with van der Waals surface area (Å²) in [5.41, 5.74) is 2.57. The number of carbonyl (C=O) groups excluding carboxylic acids is 1. The Morgan fingerprint density at radius 2 is 1.75 bits per heavy atom. The van der Waals surface area contributed by atoms with E-state index >= 15 is 0 Å². The van der Waals surface area contributed by atoms with E-state index in [1.54, 1.807) is 12.3 Å². The van der Waals surface area contributed by atoms with Crippen LogP contribution in [0.25, 0.3) is 0 Å². The summed E-state index contributed by atoms with van der Waals surface area (Å²) < 4.78 is 0. The Kier molecular flexibility index (Phi) is 5.70. The second kappa shape index (κ2) is 8.15. The minimum atomic E-state index is 0.0427. The van der Waals surface area contributed by atoms with Gasteiger partial charge in [-0.05, 0) is 42.7 Å². The lowest BCUT2D eigenvalue weighted by molar-refractivity contribution is 0.0756. The Morgan fingerprint density at radius 3 is 2.38 bits per heavy atom. The van der Waals surface area contributed by atoms with Crippen molar-refractivity contribution in [2.75, 3.05) is 18.4 Å². The highest BCUT2D eigenvalue weighted by Crippen LogP contribution is 2.15. The molecule has 1 aromatic carbocycles. The van der Waals surface area contributed by atoms with Crippen molar-refractivity contribution in [1.29, 1.82) is 0 Å². The third-order valence-corrected chi connectivity index (χ3v) is 4.54. The Labute approximate surface area is 147 Å². The molecule has 1 aliphatic rings. The highest BCUT2D eigenvalue weighted by atomic mass is 35.5. The van der Waals surface area contributed by atoms with Gasteiger partial charge in [0.1, 0.15) is 5.69 Å². The summed E-state index contributed by atoms with van der Waals surface area (Å²) in [4.78, 5) is 18.8. The van der Waals surface area contributed by atoms with Crippen molar-refractivity contribution in [3.05, 3.63) is 58.9 Å². The van der Waals surface area contributed by atoms with Crippen molar-refractivity contribution in [3.8, 4) is 0 Å². The summed E-state index contributed by atoms with van der Waals surface area (Å²) in [6, 6.07) is 11.4. The smallest absolute Gasteiger partial charge is 0.272 e. The predicted molar refractivity (Wildman–Crippen MR) is 97.4 cm³/mol. The van der Waals surface area contributed by atoms with Crippen LogP contribution in [0.1, 0.15) is 41.7 Å². The molecule has 1 aromatic heterocycles. The normalized spacial score (nSPS) is 15.0. The van der Waals surface area contributed by atoms with Crippen molar-refractivity contribution in [2.24, 2.45) is 0 Å². The first-order valence-corrected chi connectivity index (χ1v) is 8.84. The number of amides is 1. The fourth-order valence-corrected chi connectivity index (χ4v) is 2.99. The molecule has 0 bridgehead atoms. The maximum Gasteiger partial charge on any atom is 0.272 e. The molecular formula is C19H22ClN3O. The van der Waals surface area contributed by atoms with Crippen LogP contribution in [0.15, 0.2) is 42.6 Å². The van der Waals surface area contributed by atoms with Gasteiger partial charge in [0.2, 0.25) is 0 Å². The van der Waals surface area contributed by atoms with Gasteiger partial charge < -0.3 is 10.2 Å². The van der Waals surface area contributed by atoms with Crippen molar-refractivity contribution >= 4 is 23.2 Å². The molecule has 1 saturated heterocycles. The number of likely N-dealkylation sites (tertiary alicyclic amines) is 1. The molecule has 0 spiro atoms. The first-order chi connectivity index (χ1) is 11.7. The lowest BCUT2D eigenvalue weighted by Crippen LogP contribution is -2.32. The minimum Gasteiger partial charge on any atom is -0.380 e. The van der Waals surface area contributed by atoms with E-state index in [9.17, 15) is 4.79 Å². The van der Waals surface area contributed by atoms with Crippen molar-refractivity contribution in [3.63, 3.8) is 0 Å². The van der Waals surface area contributed by atoms with Crippen LogP contribution < -0.4 is 5.32 Å². The van der Waals surface area contributed by atoms with Gasteiger partial charge in [0.15, 0.2) is 0 Å². The maximum atomic E-state index is 12.5. The van der Waals surface area contributed by atoms with Crippen LogP contribution in [0.5, 0.6) is 0 Å². The topological polar surface area (TPSA) is 45.2 Å². The van der Waals surface area contributed by atoms with Crippen LogP contribution in [-0.4, -0.2) is 28.9 Å². The monoisotopic (exact) mass is 343 g/mol. The molecule has 5 heteroatoms. The molecule has 1 aliphatic heterocycles. The van der Waals surface area contributed by atoms with Gasteiger partial charge in [0, 0.05) is 24.7 Å². The number of benzene rings is 1. The number of carbonyl (C=O) groups is 1. The Hall–Kier alpha value is -2.07. The highest BCUT2D eigenvalue weighted by Gasteiger charge is 2.18. The summed E-state index contributed by atoms with van der Waals surface area (Å²) >= 11 is 5.88. The first kappa shape index (κ1) is 16.8. The fourth-order valence-electron chi connectivity index (χ4n) is 2.87. The SMILES string of the molecule is O=C(c1ccc(NCc2ccc(Cl)cc2)cn1)N1CCCCCC1. The fraction of sp³-hybridized carbons (Fsp3) is 0.368. The van der Waals surface area contributed by atoms with E-state index in [4.69, 9.17) is 11.6 Å². The van der Waals surface area contributed by atoms with Gasteiger partial charge in [-0.3, -0.25) is 4.79 Å². The molecule has 0 aliphatic carbocycles. The van der Waals surface area contributed by atoms with E-state index in [2.05, 4.69) is 10.3 Å². The van der Waals surface area contributed by atoms with E-state index in [0.717, 1.165) is 42.2 Å². The Morgan fingerprint density at radius 1 is 1.04 bits per heavy atom. The van der Waals surface area contributed by atoms with Gasteiger partial charge in [0.25, 0.3) is 5.91 Å². The molecule has 1 N–H and O–H groups in total. The van der Waals surface area contributed by atoms with Gasteiger partial charge in [0.05, 0.1) is 11.9 Å². The van der Waals surface area contributed by atoms with Gasteiger partial charge >= 0.3 is 0 Å². The maximum absolute atomic E-state index is 12.5. The molecule has 1 fully saturated rings. The van der Waals surface area contributed by atoms with Crippen LogP contribution in [0, 0.1) is 0 Å².